The van der Waals surface area contributed by atoms with Crippen LogP contribution in [0.2, 0.25) is 0 Å². The van der Waals surface area contributed by atoms with Gasteiger partial charge in [-0.3, -0.25) is 9.52 Å². The molecule has 1 amide bonds. The third kappa shape index (κ3) is 7.07. The van der Waals surface area contributed by atoms with E-state index in [1.165, 1.54) is 0 Å². The van der Waals surface area contributed by atoms with Gasteiger partial charge in [0.05, 0.1) is 5.75 Å². The summed E-state index contributed by atoms with van der Waals surface area (Å²) in [5.74, 6) is -0.112. The molecule has 0 aliphatic carbocycles. The van der Waals surface area contributed by atoms with Gasteiger partial charge in [-0.05, 0) is 36.6 Å². The normalized spacial score (nSPS) is 11.5. The average Bonchev–Trinajstić information content (AvgIpc) is 2.45. The molecule has 0 heterocycles. The number of carbonyl (C=O) groups excluding carboxylic acids is 1. The molecule has 0 bridgehead atoms. The molecule has 24 heavy (non-hydrogen) atoms. The second-order valence-electron chi connectivity index (χ2n) is 6.53. The Balaban J connectivity index is 0.00000529. The van der Waals surface area contributed by atoms with E-state index in [1.807, 2.05) is 13.8 Å². The van der Waals surface area contributed by atoms with Crippen LogP contribution in [0.3, 0.4) is 0 Å². The maximum Gasteiger partial charge on any atom is 0.253 e. The van der Waals surface area contributed by atoms with Gasteiger partial charge in [0.1, 0.15) is 0 Å². The SMILES string of the molecule is CCCS(=O)(=O)Nc1cccc(C(=O)N(C)CC(C)(C)CN)c1.Cl. The zero-order valence-electron chi connectivity index (χ0n) is 14.7. The average molecular weight is 378 g/mol. The topological polar surface area (TPSA) is 92.5 Å². The highest BCUT2D eigenvalue weighted by molar-refractivity contribution is 7.92. The lowest BCUT2D eigenvalue weighted by Gasteiger charge is -2.29. The van der Waals surface area contributed by atoms with E-state index in [0.29, 0.717) is 30.8 Å². The number of hydrogen-bond donors (Lipinski definition) is 2. The maximum atomic E-state index is 12.5. The highest BCUT2D eigenvalue weighted by Crippen LogP contribution is 2.18. The summed E-state index contributed by atoms with van der Waals surface area (Å²) >= 11 is 0. The number of nitrogens with zero attached hydrogens (tertiary/aromatic N) is 1. The fourth-order valence-corrected chi connectivity index (χ4v) is 3.34. The van der Waals surface area contributed by atoms with Crippen molar-refractivity contribution in [2.75, 3.05) is 30.6 Å². The zero-order valence-corrected chi connectivity index (χ0v) is 16.3. The standard InChI is InChI=1S/C16H27N3O3S.ClH/c1-5-9-23(21,22)18-14-8-6-7-13(10-14)15(20)19(4)12-16(2,3)11-17;/h6-8,10,18H,5,9,11-12,17H2,1-4H3;1H. The number of nitrogens with two attached hydrogens (primary N) is 1. The molecule has 8 heteroatoms. The largest absolute Gasteiger partial charge is 0.341 e. The van der Waals surface area contributed by atoms with Crippen molar-refractivity contribution in [1.29, 1.82) is 0 Å². The molecule has 0 spiro atoms. The number of amides is 1. The van der Waals surface area contributed by atoms with Crippen LogP contribution in [-0.4, -0.2) is 45.1 Å². The summed E-state index contributed by atoms with van der Waals surface area (Å²) in [5.41, 5.74) is 6.37. The van der Waals surface area contributed by atoms with Gasteiger partial charge in [-0.25, -0.2) is 8.42 Å². The van der Waals surface area contributed by atoms with E-state index in [9.17, 15) is 13.2 Å². The number of rotatable bonds is 8. The molecule has 6 nitrogen and oxygen atoms in total. The molecule has 0 aliphatic rings. The van der Waals surface area contributed by atoms with Gasteiger partial charge in [-0.15, -0.1) is 12.4 Å². The first-order valence-electron chi connectivity index (χ1n) is 7.66. The van der Waals surface area contributed by atoms with E-state index >= 15 is 0 Å². The Morgan fingerprint density at radius 1 is 1.33 bits per heavy atom. The van der Waals surface area contributed by atoms with Gasteiger partial charge in [0.2, 0.25) is 10.0 Å². The number of anilines is 1. The lowest BCUT2D eigenvalue weighted by molar-refractivity contribution is 0.0740. The molecule has 1 rings (SSSR count). The lowest BCUT2D eigenvalue weighted by Crippen LogP contribution is -2.39. The molecule has 0 fully saturated rings. The Morgan fingerprint density at radius 3 is 2.50 bits per heavy atom. The van der Waals surface area contributed by atoms with Crippen LogP contribution in [0.1, 0.15) is 37.6 Å². The van der Waals surface area contributed by atoms with E-state index in [4.69, 9.17) is 5.73 Å². The van der Waals surface area contributed by atoms with Crippen LogP contribution >= 0.6 is 12.4 Å². The third-order valence-corrected chi connectivity index (χ3v) is 4.91. The summed E-state index contributed by atoms with van der Waals surface area (Å²) in [6.07, 6.45) is 0.533. The first kappa shape index (κ1) is 22.7. The number of halogens is 1. The highest BCUT2D eigenvalue weighted by atomic mass is 35.5. The predicted molar refractivity (Wildman–Crippen MR) is 101 cm³/mol. The third-order valence-electron chi connectivity index (χ3n) is 3.42. The van der Waals surface area contributed by atoms with Gasteiger partial charge in [-0.2, -0.15) is 0 Å². The van der Waals surface area contributed by atoms with Crippen molar-refractivity contribution in [1.82, 2.24) is 4.90 Å². The van der Waals surface area contributed by atoms with Crippen LogP contribution in [0.25, 0.3) is 0 Å². The van der Waals surface area contributed by atoms with E-state index in [0.717, 1.165) is 0 Å². The second-order valence-corrected chi connectivity index (χ2v) is 8.37. The Kier molecular flexibility index (Phi) is 8.74. The Morgan fingerprint density at radius 2 is 1.96 bits per heavy atom. The number of benzene rings is 1. The minimum absolute atomic E-state index is 0. The predicted octanol–water partition coefficient (Wildman–Crippen LogP) is 2.32. The smallest absolute Gasteiger partial charge is 0.253 e. The molecule has 0 saturated carbocycles. The summed E-state index contributed by atoms with van der Waals surface area (Å²) in [4.78, 5) is 14.1. The summed E-state index contributed by atoms with van der Waals surface area (Å²) in [6.45, 7) is 6.78. The van der Waals surface area contributed by atoms with Crippen LogP contribution in [-0.2, 0) is 10.0 Å². The van der Waals surface area contributed by atoms with Gasteiger partial charge in [0.15, 0.2) is 0 Å². The number of carbonyl (C=O) groups is 1. The molecule has 0 saturated heterocycles. The van der Waals surface area contributed by atoms with Crippen LogP contribution in [0.5, 0.6) is 0 Å². The van der Waals surface area contributed by atoms with Gasteiger partial charge < -0.3 is 10.6 Å². The monoisotopic (exact) mass is 377 g/mol. The van der Waals surface area contributed by atoms with Gasteiger partial charge in [0.25, 0.3) is 5.91 Å². The molecular formula is C16H28ClN3O3S. The Hall–Kier alpha value is -1.31. The van der Waals surface area contributed by atoms with Crippen LogP contribution in [0.4, 0.5) is 5.69 Å². The number of sulfonamides is 1. The van der Waals surface area contributed by atoms with Crippen molar-refractivity contribution in [2.24, 2.45) is 11.1 Å². The Labute approximate surface area is 151 Å². The molecule has 0 aromatic heterocycles. The van der Waals surface area contributed by atoms with Crippen molar-refractivity contribution in [3.05, 3.63) is 29.8 Å². The minimum Gasteiger partial charge on any atom is -0.341 e. The number of nitrogens with one attached hydrogen (secondary N) is 1. The molecule has 1 aromatic rings. The van der Waals surface area contributed by atoms with Crippen molar-refractivity contribution in [3.63, 3.8) is 0 Å². The summed E-state index contributed by atoms with van der Waals surface area (Å²) in [7, 11) is -1.66. The van der Waals surface area contributed by atoms with Gasteiger partial charge in [0, 0.05) is 24.8 Å². The molecule has 138 valence electrons. The van der Waals surface area contributed by atoms with Gasteiger partial charge in [-0.1, -0.05) is 26.8 Å². The van der Waals surface area contributed by atoms with Gasteiger partial charge >= 0.3 is 0 Å². The summed E-state index contributed by atoms with van der Waals surface area (Å²) < 4.78 is 26.1. The van der Waals surface area contributed by atoms with Crippen LogP contribution in [0, 0.1) is 5.41 Å². The van der Waals surface area contributed by atoms with Crippen molar-refractivity contribution in [3.8, 4) is 0 Å². The fraction of sp³-hybridized carbons (Fsp3) is 0.562. The highest BCUT2D eigenvalue weighted by Gasteiger charge is 2.22. The molecule has 3 N–H and O–H groups in total. The zero-order chi connectivity index (χ0) is 17.7. The molecule has 0 aliphatic heterocycles. The Bertz CT molecular complexity index is 648. The van der Waals surface area contributed by atoms with Crippen molar-refractivity contribution < 1.29 is 13.2 Å². The van der Waals surface area contributed by atoms with E-state index in [-0.39, 0.29) is 29.5 Å². The van der Waals surface area contributed by atoms with Crippen molar-refractivity contribution in [2.45, 2.75) is 27.2 Å². The number of hydrogen-bond acceptors (Lipinski definition) is 4. The second kappa shape index (κ2) is 9.25. The molecule has 0 atom stereocenters. The molecule has 0 unspecified atom stereocenters. The first-order valence-corrected chi connectivity index (χ1v) is 9.31. The van der Waals surface area contributed by atoms with E-state index < -0.39 is 10.0 Å². The van der Waals surface area contributed by atoms with E-state index in [1.54, 1.807) is 43.1 Å². The molecular weight excluding hydrogens is 350 g/mol. The molecule has 1 aromatic carbocycles. The first-order chi connectivity index (χ1) is 10.6. The summed E-state index contributed by atoms with van der Waals surface area (Å²) in [5, 5.41) is 0. The maximum absolute atomic E-state index is 12.5. The summed E-state index contributed by atoms with van der Waals surface area (Å²) in [6, 6.07) is 6.53. The van der Waals surface area contributed by atoms with E-state index in [2.05, 4.69) is 4.72 Å². The van der Waals surface area contributed by atoms with Crippen LogP contribution < -0.4 is 10.5 Å². The minimum atomic E-state index is -3.37. The quantitative estimate of drug-likeness (QED) is 0.727. The lowest BCUT2D eigenvalue weighted by atomic mass is 9.93. The van der Waals surface area contributed by atoms with Crippen molar-refractivity contribution >= 4 is 34.0 Å². The molecule has 0 radical (unpaired) electrons. The van der Waals surface area contributed by atoms with Crippen LogP contribution in [0.15, 0.2) is 24.3 Å². The fourth-order valence-electron chi connectivity index (χ4n) is 2.21.